The number of benzene rings is 1. The summed E-state index contributed by atoms with van der Waals surface area (Å²) >= 11 is 5.64. The van der Waals surface area contributed by atoms with Crippen molar-refractivity contribution in [3.8, 4) is 11.5 Å². The van der Waals surface area contributed by atoms with Crippen LogP contribution in [0.1, 0.15) is 20.3 Å². The Bertz CT molecular complexity index is 422. The number of phenolic OH excluding ortho intramolecular Hbond substituents is 1. The second-order valence-electron chi connectivity index (χ2n) is 3.85. The molecule has 0 saturated carbocycles. The third-order valence-electron chi connectivity index (χ3n) is 2.42. The van der Waals surface area contributed by atoms with E-state index in [1.165, 1.54) is 6.07 Å². The van der Waals surface area contributed by atoms with Gasteiger partial charge in [-0.2, -0.15) is 0 Å². The number of hydrogen-bond acceptors (Lipinski definition) is 4. The molecule has 0 aliphatic carbocycles. The summed E-state index contributed by atoms with van der Waals surface area (Å²) in [5.41, 5.74) is -0.321. The molecule has 5 nitrogen and oxygen atoms in total. The van der Waals surface area contributed by atoms with Gasteiger partial charge in [0.15, 0.2) is 5.75 Å². The molecule has 1 N–H and O–H groups in total. The predicted molar refractivity (Wildman–Crippen MR) is 64.7 cm³/mol. The van der Waals surface area contributed by atoms with E-state index in [2.05, 4.69) is 0 Å². The van der Waals surface area contributed by atoms with E-state index < -0.39 is 4.92 Å². The van der Waals surface area contributed by atoms with Crippen LogP contribution in [0, 0.1) is 16.0 Å². The van der Waals surface area contributed by atoms with Gasteiger partial charge in [-0.3, -0.25) is 10.1 Å². The minimum Gasteiger partial charge on any atom is -0.504 e. The largest absolute Gasteiger partial charge is 0.504 e. The minimum absolute atomic E-state index is 0.102. The summed E-state index contributed by atoms with van der Waals surface area (Å²) in [4.78, 5) is 10.2. The van der Waals surface area contributed by atoms with Gasteiger partial charge >= 0.3 is 5.69 Å². The first kappa shape index (κ1) is 13.6. The Balaban J connectivity index is 3.00. The lowest BCUT2D eigenvalue weighted by molar-refractivity contribution is -0.386. The second kappa shape index (κ2) is 5.72. The fourth-order valence-corrected chi connectivity index (χ4v) is 1.40. The maximum atomic E-state index is 10.8. The van der Waals surface area contributed by atoms with Gasteiger partial charge in [-0.1, -0.05) is 31.9 Å². The average molecular weight is 260 g/mol. The molecule has 0 amide bonds. The van der Waals surface area contributed by atoms with Gasteiger partial charge in [-0.15, -0.1) is 0 Å². The second-order valence-corrected chi connectivity index (χ2v) is 4.29. The van der Waals surface area contributed by atoms with E-state index >= 15 is 0 Å². The lowest BCUT2D eigenvalue weighted by Crippen LogP contribution is -2.08. The van der Waals surface area contributed by atoms with Gasteiger partial charge in [0.1, 0.15) is 0 Å². The zero-order valence-corrected chi connectivity index (χ0v) is 10.4. The van der Waals surface area contributed by atoms with Crippen molar-refractivity contribution >= 4 is 17.3 Å². The molecule has 0 aliphatic heterocycles. The minimum atomic E-state index is -0.627. The number of rotatable bonds is 5. The van der Waals surface area contributed by atoms with Crippen LogP contribution in [0.15, 0.2) is 12.1 Å². The first-order chi connectivity index (χ1) is 7.95. The van der Waals surface area contributed by atoms with Gasteiger partial charge in [0.25, 0.3) is 0 Å². The quantitative estimate of drug-likeness (QED) is 0.650. The first-order valence-electron chi connectivity index (χ1n) is 5.25. The molecule has 0 fully saturated rings. The predicted octanol–water partition coefficient (Wildman–Crippen LogP) is 3.38. The molecule has 1 aromatic rings. The van der Waals surface area contributed by atoms with Gasteiger partial charge in [0.2, 0.25) is 5.75 Å². The molecule has 94 valence electrons. The lowest BCUT2D eigenvalue weighted by Gasteiger charge is -2.12. The van der Waals surface area contributed by atoms with Crippen molar-refractivity contribution in [3.05, 3.63) is 27.3 Å². The van der Waals surface area contributed by atoms with Crippen LogP contribution in [0.2, 0.25) is 5.02 Å². The standard InChI is InChI=1S/C11H14ClNO4/c1-3-7(2)6-17-11-9(13(15)16)4-8(12)5-10(11)14/h4-5,7,14H,3,6H2,1-2H3. The van der Waals surface area contributed by atoms with Crippen molar-refractivity contribution in [1.29, 1.82) is 0 Å². The molecule has 0 radical (unpaired) electrons. The number of nitro groups is 1. The number of hydrogen-bond donors (Lipinski definition) is 1. The van der Waals surface area contributed by atoms with Gasteiger partial charge in [0.05, 0.1) is 16.6 Å². The number of nitro benzene ring substituents is 1. The summed E-state index contributed by atoms with van der Waals surface area (Å²) in [5, 5.41) is 20.5. The van der Waals surface area contributed by atoms with Crippen LogP contribution < -0.4 is 4.74 Å². The fraction of sp³-hybridized carbons (Fsp3) is 0.455. The van der Waals surface area contributed by atoms with E-state index in [4.69, 9.17) is 16.3 Å². The molecular weight excluding hydrogens is 246 g/mol. The van der Waals surface area contributed by atoms with Crippen molar-refractivity contribution in [2.75, 3.05) is 6.61 Å². The third-order valence-corrected chi connectivity index (χ3v) is 2.64. The van der Waals surface area contributed by atoms with Crippen molar-refractivity contribution in [3.63, 3.8) is 0 Å². The number of nitrogens with zero attached hydrogens (tertiary/aromatic N) is 1. The molecule has 1 aromatic carbocycles. The van der Waals surface area contributed by atoms with Crippen LogP contribution in [-0.2, 0) is 0 Å². The van der Waals surface area contributed by atoms with E-state index in [1.54, 1.807) is 0 Å². The van der Waals surface area contributed by atoms with Gasteiger partial charge in [0, 0.05) is 12.1 Å². The molecule has 0 aromatic heterocycles. The third kappa shape index (κ3) is 3.49. The van der Waals surface area contributed by atoms with E-state index in [-0.39, 0.29) is 28.1 Å². The van der Waals surface area contributed by atoms with Crippen molar-refractivity contribution in [2.45, 2.75) is 20.3 Å². The normalized spacial score (nSPS) is 12.2. The molecule has 1 unspecified atom stereocenters. The van der Waals surface area contributed by atoms with Crippen LogP contribution in [0.25, 0.3) is 0 Å². The average Bonchev–Trinajstić information content (AvgIpc) is 2.26. The van der Waals surface area contributed by atoms with Crippen LogP contribution in [-0.4, -0.2) is 16.6 Å². The van der Waals surface area contributed by atoms with E-state index in [0.717, 1.165) is 12.5 Å². The Labute approximate surface area is 104 Å². The smallest absolute Gasteiger partial charge is 0.316 e. The lowest BCUT2D eigenvalue weighted by atomic mass is 10.1. The van der Waals surface area contributed by atoms with Crippen LogP contribution in [0.3, 0.4) is 0 Å². The van der Waals surface area contributed by atoms with E-state index in [0.29, 0.717) is 6.61 Å². The summed E-state index contributed by atoms with van der Waals surface area (Å²) < 4.78 is 5.29. The zero-order valence-electron chi connectivity index (χ0n) is 9.64. The summed E-state index contributed by atoms with van der Waals surface area (Å²) in [6.45, 7) is 4.26. The Hall–Kier alpha value is -1.49. The summed E-state index contributed by atoms with van der Waals surface area (Å²) in [6, 6.07) is 2.38. The first-order valence-corrected chi connectivity index (χ1v) is 5.63. The highest BCUT2D eigenvalue weighted by molar-refractivity contribution is 6.31. The molecule has 0 bridgehead atoms. The topological polar surface area (TPSA) is 72.6 Å². The maximum absolute atomic E-state index is 10.8. The monoisotopic (exact) mass is 259 g/mol. The SMILES string of the molecule is CCC(C)COc1c(O)cc(Cl)cc1[N+](=O)[O-]. The van der Waals surface area contributed by atoms with Crippen molar-refractivity contribution in [1.82, 2.24) is 0 Å². The summed E-state index contributed by atoms with van der Waals surface area (Å²) in [6.07, 6.45) is 0.891. The molecule has 1 atom stereocenters. The molecule has 17 heavy (non-hydrogen) atoms. The molecule has 1 rings (SSSR count). The summed E-state index contributed by atoms with van der Waals surface area (Å²) in [7, 11) is 0. The van der Waals surface area contributed by atoms with Crippen LogP contribution in [0.4, 0.5) is 5.69 Å². The molecule has 6 heteroatoms. The Morgan fingerprint density at radius 3 is 2.76 bits per heavy atom. The molecule has 0 spiro atoms. The Morgan fingerprint density at radius 1 is 1.59 bits per heavy atom. The maximum Gasteiger partial charge on any atom is 0.316 e. The van der Waals surface area contributed by atoms with Crippen LogP contribution in [0.5, 0.6) is 11.5 Å². The molecular formula is C11H14ClNO4. The molecule has 0 heterocycles. The van der Waals surface area contributed by atoms with Gasteiger partial charge < -0.3 is 9.84 Å². The number of aromatic hydroxyl groups is 1. The van der Waals surface area contributed by atoms with Crippen molar-refractivity contribution in [2.24, 2.45) is 5.92 Å². The van der Waals surface area contributed by atoms with Gasteiger partial charge in [-0.05, 0) is 5.92 Å². The highest BCUT2D eigenvalue weighted by Gasteiger charge is 2.21. The van der Waals surface area contributed by atoms with Crippen LogP contribution >= 0.6 is 11.6 Å². The van der Waals surface area contributed by atoms with Crippen molar-refractivity contribution < 1.29 is 14.8 Å². The number of halogens is 1. The zero-order chi connectivity index (χ0) is 13.0. The van der Waals surface area contributed by atoms with Gasteiger partial charge in [-0.25, -0.2) is 0 Å². The summed E-state index contributed by atoms with van der Waals surface area (Å²) in [5.74, 6) is -0.183. The highest BCUT2D eigenvalue weighted by atomic mass is 35.5. The Morgan fingerprint density at radius 2 is 2.24 bits per heavy atom. The fourth-order valence-electron chi connectivity index (χ4n) is 1.19. The number of phenols is 1. The number of ether oxygens (including phenoxy) is 1. The molecule has 0 saturated heterocycles. The van der Waals surface area contributed by atoms with E-state index in [1.807, 2.05) is 13.8 Å². The highest BCUT2D eigenvalue weighted by Crippen LogP contribution is 2.39. The Kier molecular flexibility index (Phi) is 4.57. The van der Waals surface area contributed by atoms with E-state index in [9.17, 15) is 15.2 Å². The molecule has 0 aliphatic rings.